The number of sulfonamides is 1. The van der Waals surface area contributed by atoms with E-state index in [-0.39, 0.29) is 30.5 Å². The van der Waals surface area contributed by atoms with E-state index in [1.54, 1.807) is 33.8 Å². The molecule has 0 saturated carbocycles. The molecule has 166 valence electrons. The van der Waals surface area contributed by atoms with Gasteiger partial charge in [-0.1, -0.05) is 6.07 Å². The zero-order valence-electron chi connectivity index (χ0n) is 17.6. The van der Waals surface area contributed by atoms with Crippen LogP contribution in [0.2, 0.25) is 0 Å². The van der Waals surface area contributed by atoms with E-state index in [1.807, 2.05) is 0 Å². The minimum atomic E-state index is -3.95. The molecule has 2 rings (SSSR count). The first-order valence-corrected chi connectivity index (χ1v) is 11.1. The van der Waals surface area contributed by atoms with Crippen molar-refractivity contribution in [2.75, 3.05) is 19.7 Å². The van der Waals surface area contributed by atoms with Crippen LogP contribution in [0, 0.1) is 0 Å². The SMILES string of the molecule is C[C@H](CN(CCCO)C(=O)OC(C)(C)C)NS(=O)(=O)c1cccc2c(O)nccc12. The van der Waals surface area contributed by atoms with Crippen LogP contribution in [0.5, 0.6) is 5.88 Å². The molecule has 30 heavy (non-hydrogen) atoms. The molecular weight excluding hydrogens is 410 g/mol. The monoisotopic (exact) mass is 439 g/mol. The van der Waals surface area contributed by atoms with Crippen molar-refractivity contribution in [1.29, 1.82) is 0 Å². The summed E-state index contributed by atoms with van der Waals surface area (Å²) in [5, 5.41) is 19.7. The lowest BCUT2D eigenvalue weighted by Gasteiger charge is -2.29. The number of aromatic nitrogens is 1. The second kappa shape index (κ2) is 9.59. The number of hydrogen-bond donors (Lipinski definition) is 3. The smallest absolute Gasteiger partial charge is 0.410 e. The van der Waals surface area contributed by atoms with Gasteiger partial charge in [-0.25, -0.2) is 22.9 Å². The number of benzene rings is 1. The Morgan fingerprint density at radius 2 is 1.97 bits per heavy atom. The van der Waals surface area contributed by atoms with E-state index in [1.165, 1.54) is 29.3 Å². The summed E-state index contributed by atoms with van der Waals surface area (Å²) in [7, 11) is -3.95. The molecule has 0 unspecified atom stereocenters. The van der Waals surface area contributed by atoms with Gasteiger partial charge in [-0.2, -0.15) is 0 Å². The number of aliphatic hydroxyl groups excluding tert-OH is 1. The van der Waals surface area contributed by atoms with Crippen molar-refractivity contribution in [3.63, 3.8) is 0 Å². The van der Waals surface area contributed by atoms with Gasteiger partial charge in [0.1, 0.15) is 5.60 Å². The van der Waals surface area contributed by atoms with E-state index in [9.17, 15) is 18.3 Å². The number of nitrogens with one attached hydrogen (secondary N) is 1. The Bertz CT molecular complexity index is 988. The number of rotatable bonds is 8. The lowest BCUT2D eigenvalue weighted by Crippen LogP contribution is -2.46. The minimum Gasteiger partial charge on any atom is -0.493 e. The number of hydrogen-bond acceptors (Lipinski definition) is 7. The molecule has 1 atom stereocenters. The van der Waals surface area contributed by atoms with Gasteiger partial charge in [0.25, 0.3) is 0 Å². The molecule has 0 saturated heterocycles. The van der Waals surface area contributed by atoms with E-state index >= 15 is 0 Å². The van der Waals surface area contributed by atoms with Crippen molar-refractivity contribution in [3.8, 4) is 5.88 Å². The number of amides is 1. The fourth-order valence-corrected chi connectivity index (χ4v) is 4.40. The van der Waals surface area contributed by atoms with E-state index < -0.39 is 27.8 Å². The summed E-state index contributed by atoms with van der Waals surface area (Å²) >= 11 is 0. The lowest BCUT2D eigenvalue weighted by molar-refractivity contribution is 0.0229. The summed E-state index contributed by atoms with van der Waals surface area (Å²) in [6.07, 6.45) is 1.09. The Morgan fingerprint density at radius 3 is 2.60 bits per heavy atom. The van der Waals surface area contributed by atoms with E-state index in [0.29, 0.717) is 17.2 Å². The van der Waals surface area contributed by atoms with E-state index in [0.717, 1.165) is 0 Å². The van der Waals surface area contributed by atoms with Crippen molar-refractivity contribution in [3.05, 3.63) is 30.5 Å². The highest BCUT2D eigenvalue weighted by Gasteiger charge is 2.26. The summed E-state index contributed by atoms with van der Waals surface area (Å²) in [4.78, 5) is 17.6. The third-order valence-corrected chi connectivity index (χ3v) is 5.77. The van der Waals surface area contributed by atoms with Crippen LogP contribution in [0.25, 0.3) is 10.8 Å². The molecule has 2 aromatic rings. The van der Waals surface area contributed by atoms with Crippen LogP contribution in [-0.4, -0.2) is 65.9 Å². The molecule has 1 heterocycles. The third-order valence-electron chi connectivity index (χ3n) is 4.12. The number of pyridine rings is 1. The molecule has 1 aromatic carbocycles. The van der Waals surface area contributed by atoms with Crippen molar-refractivity contribution in [2.24, 2.45) is 0 Å². The molecule has 0 aliphatic rings. The van der Waals surface area contributed by atoms with Crippen LogP contribution in [0.1, 0.15) is 34.1 Å². The van der Waals surface area contributed by atoms with Crippen molar-refractivity contribution in [2.45, 2.75) is 50.7 Å². The standard InChI is InChI=1S/C20H29N3O6S/c1-14(13-23(11-6-12-24)19(26)29-20(2,3)4)22-30(27,28)17-8-5-7-16-15(17)9-10-21-18(16)25/h5,7-10,14,22,24H,6,11-13H2,1-4H3,(H,21,25)/t14-/m1/s1. The molecule has 9 nitrogen and oxygen atoms in total. The predicted octanol–water partition coefficient (Wildman–Crippen LogP) is 2.23. The fourth-order valence-electron chi connectivity index (χ4n) is 2.94. The predicted molar refractivity (Wildman–Crippen MR) is 113 cm³/mol. The van der Waals surface area contributed by atoms with Crippen LogP contribution in [0.3, 0.4) is 0 Å². The number of carbonyl (C=O) groups is 1. The zero-order valence-corrected chi connectivity index (χ0v) is 18.4. The summed E-state index contributed by atoms with van der Waals surface area (Å²) < 4.78 is 33.9. The molecule has 0 spiro atoms. The maximum absolute atomic E-state index is 13.0. The van der Waals surface area contributed by atoms with Crippen LogP contribution in [-0.2, 0) is 14.8 Å². The third kappa shape index (κ3) is 6.28. The number of aromatic hydroxyl groups is 1. The molecule has 1 amide bonds. The first kappa shape index (κ1) is 23.8. The summed E-state index contributed by atoms with van der Waals surface area (Å²) in [5.41, 5.74) is -0.698. The second-order valence-corrected chi connectivity index (χ2v) is 9.69. The molecule has 0 fully saturated rings. The first-order valence-electron chi connectivity index (χ1n) is 9.62. The Kier molecular flexibility index (Phi) is 7.62. The fraction of sp³-hybridized carbons (Fsp3) is 0.500. The molecule has 0 bridgehead atoms. The highest BCUT2D eigenvalue weighted by molar-refractivity contribution is 7.89. The number of nitrogens with zero attached hydrogens (tertiary/aromatic N) is 2. The van der Waals surface area contributed by atoms with Crippen LogP contribution in [0.4, 0.5) is 4.79 Å². The quantitative estimate of drug-likeness (QED) is 0.575. The largest absolute Gasteiger partial charge is 0.493 e. The maximum atomic E-state index is 13.0. The van der Waals surface area contributed by atoms with Gasteiger partial charge in [-0.15, -0.1) is 0 Å². The first-order chi connectivity index (χ1) is 13.9. The number of fused-ring (bicyclic) bond motifs is 1. The van der Waals surface area contributed by atoms with Gasteiger partial charge < -0.3 is 19.8 Å². The number of carbonyl (C=O) groups excluding carboxylic acids is 1. The molecular formula is C20H29N3O6S. The normalized spacial score (nSPS) is 13.2. The Labute approximate surface area is 176 Å². The molecule has 10 heteroatoms. The highest BCUT2D eigenvalue weighted by Crippen LogP contribution is 2.27. The highest BCUT2D eigenvalue weighted by atomic mass is 32.2. The van der Waals surface area contributed by atoms with Crippen molar-refractivity contribution >= 4 is 26.9 Å². The zero-order chi connectivity index (χ0) is 22.5. The molecule has 3 N–H and O–H groups in total. The van der Waals surface area contributed by atoms with Crippen molar-refractivity contribution in [1.82, 2.24) is 14.6 Å². The van der Waals surface area contributed by atoms with Gasteiger partial charge in [-0.05, 0) is 52.3 Å². The Balaban J connectivity index is 2.21. The number of ether oxygens (including phenoxy) is 1. The Morgan fingerprint density at radius 1 is 1.27 bits per heavy atom. The summed E-state index contributed by atoms with van der Waals surface area (Å²) in [5.74, 6) is -0.252. The average molecular weight is 440 g/mol. The van der Waals surface area contributed by atoms with Gasteiger partial charge in [0, 0.05) is 42.7 Å². The van der Waals surface area contributed by atoms with Gasteiger partial charge in [0.15, 0.2) is 0 Å². The lowest BCUT2D eigenvalue weighted by atomic mass is 10.2. The van der Waals surface area contributed by atoms with Gasteiger partial charge >= 0.3 is 6.09 Å². The van der Waals surface area contributed by atoms with Crippen LogP contribution >= 0.6 is 0 Å². The van der Waals surface area contributed by atoms with E-state index in [2.05, 4.69) is 9.71 Å². The Hall–Kier alpha value is -2.43. The average Bonchev–Trinajstić information content (AvgIpc) is 2.63. The summed E-state index contributed by atoms with van der Waals surface area (Å²) in [6, 6.07) is 5.43. The van der Waals surface area contributed by atoms with Crippen molar-refractivity contribution < 1.29 is 28.2 Å². The van der Waals surface area contributed by atoms with Gasteiger partial charge in [-0.3, -0.25) is 0 Å². The van der Waals surface area contributed by atoms with Crippen LogP contribution < -0.4 is 4.72 Å². The topological polar surface area (TPSA) is 129 Å². The van der Waals surface area contributed by atoms with Gasteiger partial charge in [0.2, 0.25) is 15.9 Å². The number of aliphatic hydroxyl groups is 1. The minimum absolute atomic E-state index is 0.00345. The molecule has 1 aromatic heterocycles. The molecule has 0 aliphatic heterocycles. The maximum Gasteiger partial charge on any atom is 0.410 e. The van der Waals surface area contributed by atoms with Crippen LogP contribution in [0.15, 0.2) is 35.4 Å². The summed E-state index contributed by atoms with van der Waals surface area (Å²) in [6.45, 7) is 7.05. The van der Waals surface area contributed by atoms with E-state index in [4.69, 9.17) is 9.84 Å². The second-order valence-electron chi connectivity index (χ2n) is 8.01. The van der Waals surface area contributed by atoms with Gasteiger partial charge in [0.05, 0.1) is 4.90 Å². The molecule has 0 aliphatic carbocycles. The molecule has 0 radical (unpaired) electrons.